The van der Waals surface area contributed by atoms with Crippen LogP contribution in [-0.4, -0.2) is 49.3 Å². The summed E-state index contributed by atoms with van der Waals surface area (Å²) in [5.74, 6) is -0.846. The van der Waals surface area contributed by atoms with Crippen molar-refractivity contribution in [3.05, 3.63) is 24.3 Å². The maximum Gasteiger partial charge on any atom is 0.472 e. The van der Waals surface area contributed by atoms with Gasteiger partial charge in [-0.25, -0.2) is 4.57 Å². The van der Waals surface area contributed by atoms with Gasteiger partial charge >= 0.3 is 19.8 Å². The first kappa shape index (κ1) is 44.5. The molecule has 1 unspecified atom stereocenters. The lowest BCUT2D eigenvalue weighted by Crippen LogP contribution is -2.29. The fraction of sp³-hybridized carbons (Fsp3) is 0.833. The monoisotopic (exact) mass is 673 g/mol. The summed E-state index contributed by atoms with van der Waals surface area (Å²) in [6.07, 6.45) is 32.1. The maximum absolute atomic E-state index is 12.5. The van der Waals surface area contributed by atoms with E-state index in [0.29, 0.717) is 6.42 Å². The van der Waals surface area contributed by atoms with Crippen molar-refractivity contribution in [3.8, 4) is 0 Å². The number of hydrogen-bond donors (Lipinski definition) is 2. The lowest BCUT2D eigenvalue weighted by molar-refractivity contribution is -0.161. The van der Waals surface area contributed by atoms with Crippen LogP contribution in [0.2, 0.25) is 0 Å². The third kappa shape index (κ3) is 32.4. The van der Waals surface area contributed by atoms with E-state index in [4.69, 9.17) is 24.3 Å². The van der Waals surface area contributed by atoms with Gasteiger partial charge in [-0.05, 0) is 44.9 Å². The summed E-state index contributed by atoms with van der Waals surface area (Å²) >= 11 is 0. The molecule has 9 nitrogen and oxygen atoms in total. The summed E-state index contributed by atoms with van der Waals surface area (Å²) in [4.78, 5) is 34.6. The van der Waals surface area contributed by atoms with Crippen LogP contribution in [0.25, 0.3) is 0 Å². The zero-order chi connectivity index (χ0) is 34.0. The molecule has 0 aliphatic heterocycles. The van der Waals surface area contributed by atoms with E-state index in [1.807, 2.05) is 0 Å². The molecule has 2 atom stereocenters. The van der Waals surface area contributed by atoms with E-state index in [1.54, 1.807) is 0 Å². The molecule has 270 valence electrons. The fourth-order valence-electron chi connectivity index (χ4n) is 4.84. The van der Waals surface area contributed by atoms with Gasteiger partial charge in [-0.15, -0.1) is 0 Å². The van der Waals surface area contributed by atoms with Crippen LogP contribution >= 0.6 is 7.82 Å². The molecule has 0 amide bonds. The van der Waals surface area contributed by atoms with Crippen LogP contribution in [0.1, 0.15) is 162 Å². The standard InChI is InChI=1S/C36H68NO8P/c1-3-5-7-9-11-13-15-16-17-18-19-21-23-25-27-29-36(39)45-34(33-44-46(40,41)43-31-30-37)32-42-35(38)28-26-24-22-20-14-12-10-8-6-4-2/h11,13,16-17,34H,3-10,12,14-15,18-33,37H2,1-2H3,(H,40,41)/b13-11+,17-16+/t34-/m1/s1. The van der Waals surface area contributed by atoms with Crippen LogP contribution in [0, 0.1) is 0 Å². The molecule has 0 heterocycles. The maximum atomic E-state index is 12.5. The molecular weight excluding hydrogens is 605 g/mol. The minimum absolute atomic E-state index is 0.0520. The van der Waals surface area contributed by atoms with Gasteiger partial charge in [0.05, 0.1) is 13.2 Å². The number of ether oxygens (including phenoxy) is 2. The topological polar surface area (TPSA) is 134 Å². The molecule has 0 aromatic rings. The smallest absolute Gasteiger partial charge is 0.462 e. The Morgan fingerprint density at radius 2 is 1.13 bits per heavy atom. The average molecular weight is 674 g/mol. The summed E-state index contributed by atoms with van der Waals surface area (Å²) in [6, 6.07) is 0. The first-order valence-electron chi connectivity index (χ1n) is 18.3. The van der Waals surface area contributed by atoms with Crippen molar-refractivity contribution in [1.82, 2.24) is 0 Å². The second-order valence-electron chi connectivity index (χ2n) is 12.1. The third-order valence-electron chi connectivity index (χ3n) is 7.59. The quantitative estimate of drug-likeness (QED) is 0.0296. The van der Waals surface area contributed by atoms with E-state index in [-0.39, 0.29) is 38.6 Å². The molecule has 0 saturated carbocycles. The number of nitrogens with two attached hydrogens (primary N) is 1. The van der Waals surface area contributed by atoms with Crippen LogP contribution in [0.4, 0.5) is 0 Å². The molecule has 0 aliphatic rings. The Hall–Kier alpha value is -1.51. The molecule has 46 heavy (non-hydrogen) atoms. The summed E-state index contributed by atoms with van der Waals surface area (Å²) < 4.78 is 32.6. The number of rotatable bonds is 34. The zero-order valence-corrected chi connectivity index (χ0v) is 30.2. The molecule has 0 aliphatic carbocycles. The Morgan fingerprint density at radius 1 is 0.652 bits per heavy atom. The predicted molar refractivity (Wildman–Crippen MR) is 187 cm³/mol. The van der Waals surface area contributed by atoms with Gasteiger partial charge in [0.15, 0.2) is 6.10 Å². The molecule has 0 bridgehead atoms. The van der Waals surface area contributed by atoms with E-state index >= 15 is 0 Å². The van der Waals surface area contributed by atoms with Gasteiger partial charge in [0.1, 0.15) is 6.61 Å². The van der Waals surface area contributed by atoms with Crippen molar-refractivity contribution in [2.75, 3.05) is 26.4 Å². The molecule has 3 N–H and O–H groups in total. The normalized spacial score (nSPS) is 13.7. The molecule has 0 aromatic carbocycles. The Kier molecular flexibility index (Phi) is 32.3. The Balaban J connectivity index is 4.27. The number of esters is 2. The van der Waals surface area contributed by atoms with Crippen molar-refractivity contribution in [2.24, 2.45) is 5.73 Å². The third-order valence-corrected chi connectivity index (χ3v) is 8.57. The number of unbranched alkanes of at least 4 members (excludes halogenated alkanes) is 17. The van der Waals surface area contributed by atoms with Crippen molar-refractivity contribution in [1.29, 1.82) is 0 Å². The second kappa shape index (κ2) is 33.4. The summed E-state index contributed by atoms with van der Waals surface area (Å²) in [5, 5.41) is 0. The minimum Gasteiger partial charge on any atom is -0.462 e. The van der Waals surface area contributed by atoms with E-state index in [9.17, 15) is 19.0 Å². The highest BCUT2D eigenvalue weighted by atomic mass is 31.2. The average Bonchev–Trinajstić information content (AvgIpc) is 3.04. The van der Waals surface area contributed by atoms with Gasteiger partial charge in [0.25, 0.3) is 0 Å². The SMILES string of the molecule is CCCCC/C=C/C/C=C/CCCCCCCC(=O)O[C@H](COC(=O)CCCCCCCCCCCC)COP(=O)(O)OCCN. The van der Waals surface area contributed by atoms with E-state index < -0.39 is 26.5 Å². The van der Waals surface area contributed by atoms with Crippen LogP contribution in [0.5, 0.6) is 0 Å². The summed E-state index contributed by atoms with van der Waals surface area (Å²) in [5.41, 5.74) is 5.32. The Bertz CT molecular complexity index is 820. The highest BCUT2D eigenvalue weighted by Crippen LogP contribution is 2.43. The number of phosphoric ester groups is 1. The molecule has 0 spiro atoms. The summed E-state index contributed by atoms with van der Waals surface area (Å²) in [6.45, 7) is 3.66. The van der Waals surface area contributed by atoms with Crippen LogP contribution in [0.3, 0.4) is 0 Å². The van der Waals surface area contributed by atoms with E-state index in [1.165, 1.54) is 70.6 Å². The summed E-state index contributed by atoms with van der Waals surface area (Å²) in [7, 11) is -4.37. The first-order valence-corrected chi connectivity index (χ1v) is 19.8. The van der Waals surface area contributed by atoms with Gasteiger partial charge < -0.3 is 20.1 Å². The first-order chi connectivity index (χ1) is 22.3. The van der Waals surface area contributed by atoms with Gasteiger partial charge in [-0.3, -0.25) is 18.6 Å². The Morgan fingerprint density at radius 3 is 1.70 bits per heavy atom. The molecule has 0 saturated heterocycles. The molecule has 0 fully saturated rings. The van der Waals surface area contributed by atoms with Crippen LogP contribution < -0.4 is 5.73 Å². The van der Waals surface area contributed by atoms with Crippen molar-refractivity contribution >= 4 is 19.8 Å². The number of hydrogen-bond acceptors (Lipinski definition) is 8. The van der Waals surface area contributed by atoms with Gasteiger partial charge in [0, 0.05) is 19.4 Å². The highest BCUT2D eigenvalue weighted by Gasteiger charge is 2.25. The number of carbonyl (C=O) groups is 2. The van der Waals surface area contributed by atoms with Crippen molar-refractivity contribution < 1.29 is 37.6 Å². The lowest BCUT2D eigenvalue weighted by Gasteiger charge is -2.19. The lowest BCUT2D eigenvalue weighted by atomic mass is 10.1. The highest BCUT2D eigenvalue weighted by molar-refractivity contribution is 7.47. The zero-order valence-electron chi connectivity index (χ0n) is 29.3. The number of phosphoric acid groups is 1. The van der Waals surface area contributed by atoms with Gasteiger partial charge in [0.2, 0.25) is 0 Å². The largest absolute Gasteiger partial charge is 0.472 e. The molecular formula is C36H68NO8P. The molecule has 10 heteroatoms. The van der Waals surface area contributed by atoms with Crippen molar-refractivity contribution in [2.45, 2.75) is 168 Å². The van der Waals surface area contributed by atoms with E-state index in [0.717, 1.165) is 57.8 Å². The second-order valence-corrected chi connectivity index (χ2v) is 13.5. The number of carbonyl (C=O) groups excluding carboxylic acids is 2. The van der Waals surface area contributed by atoms with Gasteiger partial charge in [-0.1, -0.05) is 128 Å². The molecule has 0 radical (unpaired) electrons. The Labute approximate surface area is 281 Å². The molecule has 0 aromatic heterocycles. The van der Waals surface area contributed by atoms with E-state index in [2.05, 4.69) is 38.2 Å². The van der Waals surface area contributed by atoms with Crippen LogP contribution in [-0.2, 0) is 32.7 Å². The predicted octanol–water partition coefficient (Wildman–Crippen LogP) is 9.66. The number of allylic oxidation sites excluding steroid dienone is 4. The van der Waals surface area contributed by atoms with Crippen molar-refractivity contribution in [3.63, 3.8) is 0 Å². The fourth-order valence-corrected chi connectivity index (χ4v) is 5.60. The van der Waals surface area contributed by atoms with Crippen LogP contribution in [0.15, 0.2) is 24.3 Å². The molecule has 0 rings (SSSR count). The minimum atomic E-state index is -4.37. The van der Waals surface area contributed by atoms with Gasteiger partial charge in [-0.2, -0.15) is 0 Å².